The first-order chi connectivity index (χ1) is 10.7. The Bertz CT molecular complexity index is 608. The van der Waals surface area contributed by atoms with Crippen molar-refractivity contribution in [2.75, 3.05) is 19.8 Å². The summed E-state index contributed by atoms with van der Waals surface area (Å²) in [6.45, 7) is 1.17. The van der Waals surface area contributed by atoms with Gasteiger partial charge in [-0.3, -0.25) is 4.79 Å². The quantitative estimate of drug-likeness (QED) is 0.775. The topological polar surface area (TPSA) is 71.5 Å². The van der Waals surface area contributed by atoms with Crippen LogP contribution < -0.4 is 5.32 Å². The van der Waals surface area contributed by atoms with E-state index < -0.39 is 6.10 Å². The van der Waals surface area contributed by atoms with Gasteiger partial charge >= 0.3 is 0 Å². The Morgan fingerprint density at radius 3 is 3.14 bits per heavy atom. The molecule has 1 fully saturated rings. The summed E-state index contributed by atoms with van der Waals surface area (Å²) in [5, 5.41) is 15.3. The molecule has 2 heterocycles. The fourth-order valence-electron chi connectivity index (χ4n) is 1.91. The molecule has 1 amide bonds. The van der Waals surface area contributed by atoms with E-state index in [1.54, 1.807) is 17.5 Å². The van der Waals surface area contributed by atoms with E-state index in [9.17, 15) is 9.90 Å². The van der Waals surface area contributed by atoms with Gasteiger partial charge in [-0.1, -0.05) is 6.07 Å². The van der Waals surface area contributed by atoms with Gasteiger partial charge in [-0.25, -0.2) is 4.98 Å². The van der Waals surface area contributed by atoms with E-state index in [1.165, 1.54) is 24.2 Å². The second-order valence-corrected chi connectivity index (χ2v) is 7.33. The van der Waals surface area contributed by atoms with Crippen molar-refractivity contribution in [2.24, 2.45) is 5.92 Å². The van der Waals surface area contributed by atoms with Crippen LogP contribution in [0.1, 0.15) is 22.5 Å². The maximum absolute atomic E-state index is 12.0. The van der Waals surface area contributed by atoms with Gasteiger partial charge in [0.05, 0.1) is 23.8 Å². The number of thiazole rings is 1. The average molecular weight is 338 g/mol. The summed E-state index contributed by atoms with van der Waals surface area (Å²) in [4.78, 5) is 17.9. The molecule has 118 valence electrons. The largest absolute Gasteiger partial charge is 0.389 e. The monoisotopic (exact) mass is 338 g/mol. The summed E-state index contributed by atoms with van der Waals surface area (Å²) in [6, 6.07) is 3.94. The number of nitrogens with one attached hydrogen (secondary N) is 1. The number of ether oxygens (including phenoxy) is 1. The second-order valence-electron chi connectivity index (χ2n) is 5.35. The first kappa shape index (κ1) is 15.6. The summed E-state index contributed by atoms with van der Waals surface area (Å²) < 4.78 is 5.40. The Balaban J connectivity index is 1.43. The lowest BCUT2D eigenvalue weighted by atomic mass is 10.3. The normalized spacial score (nSPS) is 15.7. The lowest BCUT2D eigenvalue weighted by Crippen LogP contribution is -2.34. The number of aliphatic hydroxyl groups is 1. The Morgan fingerprint density at radius 2 is 2.41 bits per heavy atom. The van der Waals surface area contributed by atoms with Gasteiger partial charge in [0.2, 0.25) is 0 Å². The molecule has 3 rings (SSSR count). The first-order valence-corrected chi connectivity index (χ1v) is 8.95. The second kappa shape index (κ2) is 7.32. The molecule has 1 aliphatic rings. The van der Waals surface area contributed by atoms with Crippen LogP contribution in [0.15, 0.2) is 23.7 Å². The molecular formula is C15H18N2O3S2. The van der Waals surface area contributed by atoms with Gasteiger partial charge in [-0.05, 0) is 30.2 Å². The minimum Gasteiger partial charge on any atom is -0.389 e. The molecule has 1 saturated carbocycles. The molecule has 1 atom stereocenters. The third kappa shape index (κ3) is 4.36. The Hall–Kier alpha value is -1.28. The van der Waals surface area contributed by atoms with Crippen molar-refractivity contribution in [3.05, 3.63) is 28.6 Å². The van der Waals surface area contributed by atoms with Crippen molar-refractivity contribution in [1.82, 2.24) is 10.3 Å². The predicted octanol–water partition coefficient (Wildman–Crippen LogP) is 2.39. The zero-order chi connectivity index (χ0) is 15.4. The summed E-state index contributed by atoms with van der Waals surface area (Å²) in [6.07, 6.45) is 3.35. The molecule has 7 heteroatoms. The molecule has 1 unspecified atom stereocenters. The van der Waals surface area contributed by atoms with Crippen LogP contribution in [0, 0.1) is 5.92 Å². The van der Waals surface area contributed by atoms with Crippen LogP contribution in [-0.4, -0.2) is 41.9 Å². The number of carbonyl (C=O) groups excluding carboxylic acids is 1. The lowest BCUT2D eigenvalue weighted by Gasteiger charge is -2.11. The number of thiophene rings is 1. The lowest BCUT2D eigenvalue weighted by molar-refractivity contribution is 0.0321. The first-order valence-electron chi connectivity index (χ1n) is 7.26. The summed E-state index contributed by atoms with van der Waals surface area (Å²) in [5.41, 5.74) is 0. The third-order valence-electron chi connectivity index (χ3n) is 3.32. The van der Waals surface area contributed by atoms with E-state index in [0.29, 0.717) is 17.4 Å². The number of hydrogen-bond donors (Lipinski definition) is 2. The molecule has 0 bridgehead atoms. The van der Waals surface area contributed by atoms with E-state index in [2.05, 4.69) is 10.3 Å². The van der Waals surface area contributed by atoms with Crippen LogP contribution in [0.2, 0.25) is 0 Å². The molecule has 0 aromatic carbocycles. The molecule has 0 aliphatic heterocycles. The van der Waals surface area contributed by atoms with E-state index in [1.807, 2.05) is 17.5 Å². The average Bonchev–Trinajstić information content (AvgIpc) is 3.01. The fraction of sp³-hybridized carbons (Fsp3) is 0.467. The molecule has 0 saturated heterocycles. The number of carbonyl (C=O) groups is 1. The number of amides is 1. The molecule has 2 aromatic heterocycles. The number of hydrogen-bond acceptors (Lipinski definition) is 6. The van der Waals surface area contributed by atoms with Crippen LogP contribution in [0.3, 0.4) is 0 Å². The molecule has 5 nitrogen and oxygen atoms in total. The standard InChI is InChI=1S/C15H18N2O3S2/c18-11(9-20-8-10-3-4-10)6-16-14(19)13-7-17-15(22-13)12-2-1-5-21-12/h1-2,5,7,10-11,18H,3-4,6,8-9H2,(H,16,19). The zero-order valence-corrected chi connectivity index (χ0v) is 13.7. The highest BCUT2D eigenvalue weighted by Crippen LogP contribution is 2.29. The van der Waals surface area contributed by atoms with Gasteiger partial charge in [-0.15, -0.1) is 22.7 Å². The van der Waals surface area contributed by atoms with Crippen molar-refractivity contribution in [2.45, 2.75) is 18.9 Å². The van der Waals surface area contributed by atoms with Crippen LogP contribution in [0.5, 0.6) is 0 Å². The minimum atomic E-state index is -0.674. The summed E-state index contributed by atoms with van der Waals surface area (Å²) in [5.74, 6) is 0.469. The molecule has 0 radical (unpaired) electrons. The smallest absolute Gasteiger partial charge is 0.263 e. The molecular weight excluding hydrogens is 320 g/mol. The number of aliphatic hydroxyl groups excluding tert-OH is 1. The van der Waals surface area contributed by atoms with Crippen LogP contribution >= 0.6 is 22.7 Å². The highest BCUT2D eigenvalue weighted by molar-refractivity contribution is 7.21. The zero-order valence-electron chi connectivity index (χ0n) is 12.0. The van der Waals surface area contributed by atoms with Crippen LogP contribution in [-0.2, 0) is 4.74 Å². The number of rotatable bonds is 8. The van der Waals surface area contributed by atoms with E-state index in [0.717, 1.165) is 9.88 Å². The highest BCUT2D eigenvalue weighted by Gasteiger charge is 2.21. The molecule has 22 heavy (non-hydrogen) atoms. The van der Waals surface area contributed by atoms with E-state index in [-0.39, 0.29) is 19.1 Å². The Morgan fingerprint density at radius 1 is 1.55 bits per heavy atom. The predicted molar refractivity (Wildman–Crippen MR) is 87.3 cm³/mol. The molecule has 0 spiro atoms. The summed E-state index contributed by atoms with van der Waals surface area (Å²) in [7, 11) is 0. The van der Waals surface area contributed by atoms with Crippen molar-refractivity contribution in [3.63, 3.8) is 0 Å². The minimum absolute atomic E-state index is 0.190. The van der Waals surface area contributed by atoms with Crippen LogP contribution in [0.25, 0.3) is 9.88 Å². The van der Waals surface area contributed by atoms with Gasteiger partial charge in [0.15, 0.2) is 0 Å². The van der Waals surface area contributed by atoms with Gasteiger partial charge in [0.25, 0.3) is 5.91 Å². The number of aromatic nitrogens is 1. The van der Waals surface area contributed by atoms with Crippen molar-refractivity contribution in [1.29, 1.82) is 0 Å². The maximum Gasteiger partial charge on any atom is 0.263 e. The maximum atomic E-state index is 12.0. The Kier molecular flexibility index (Phi) is 5.20. The van der Waals surface area contributed by atoms with Crippen molar-refractivity contribution >= 4 is 28.6 Å². The van der Waals surface area contributed by atoms with Gasteiger partial charge in [-0.2, -0.15) is 0 Å². The van der Waals surface area contributed by atoms with Gasteiger partial charge in [0, 0.05) is 13.2 Å². The van der Waals surface area contributed by atoms with E-state index >= 15 is 0 Å². The number of nitrogens with zero attached hydrogens (tertiary/aromatic N) is 1. The molecule has 1 aliphatic carbocycles. The SMILES string of the molecule is O=C(NCC(O)COCC1CC1)c1cnc(-c2cccs2)s1. The summed E-state index contributed by atoms with van der Waals surface area (Å²) >= 11 is 2.95. The molecule has 2 aromatic rings. The van der Waals surface area contributed by atoms with Crippen molar-refractivity contribution < 1.29 is 14.6 Å². The van der Waals surface area contributed by atoms with E-state index in [4.69, 9.17) is 4.74 Å². The fourth-order valence-corrected chi connectivity index (χ4v) is 3.54. The third-order valence-corrected chi connectivity index (χ3v) is 5.36. The highest BCUT2D eigenvalue weighted by atomic mass is 32.1. The molecule has 2 N–H and O–H groups in total. The van der Waals surface area contributed by atoms with Gasteiger partial charge in [0.1, 0.15) is 9.88 Å². The van der Waals surface area contributed by atoms with Crippen LogP contribution in [0.4, 0.5) is 0 Å². The van der Waals surface area contributed by atoms with Crippen molar-refractivity contribution in [3.8, 4) is 9.88 Å². The van der Waals surface area contributed by atoms with Gasteiger partial charge < -0.3 is 15.2 Å². The Labute approximate surface area is 137 Å².